The van der Waals surface area contributed by atoms with Gasteiger partial charge in [-0.05, 0) is 48.9 Å². The summed E-state index contributed by atoms with van der Waals surface area (Å²) >= 11 is 7.34. The Hall–Kier alpha value is -2.57. The molecule has 7 heteroatoms. The van der Waals surface area contributed by atoms with Crippen LogP contribution in [-0.2, 0) is 11.2 Å². The van der Waals surface area contributed by atoms with Crippen LogP contribution in [0, 0.1) is 0 Å². The van der Waals surface area contributed by atoms with Crippen molar-refractivity contribution in [2.45, 2.75) is 19.4 Å². The first-order chi connectivity index (χ1) is 13.0. The Kier molecular flexibility index (Phi) is 6.32. The summed E-state index contributed by atoms with van der Waals surface area (Å²) in [6.45, 7) is 1.70. The summed E-state index contributed by atoms with van der Waals surface area (Å²) in [7, 11) is 1.60. The van der Waals surface area contributed by atoms with E-state index in [1.807, 2.05) is 24.3 Å². The summed E-state index contributed by atoms with van der Waals surface area (Å²) < 4.78 is 10.8. The highest BCUT2D eigenvalue weighted by molar-refractivity contribution is 7.15. The fraction of sp³-hybridized carbons (Fsp3) is 0.200. The normalized spacial score (nSPS) is 11.7. The first-order valence-electron chi connectivity index (χ1n) is 8.34. The zero-order valence-electron chi connectivity index (χ0n) is 14.9. The first kappa shape index (κ1) is 19.2. The van der Waals surface area contributed by atoms with Gasteiger partial charge in [0.05, 0.1) is 7.11 Å². The molecule has 1 heterocycles. The van der Waals surface area contributed by atoms with E-state index >= 15 is 0 Å². The second-order valence-electron chi connectivity index (χ2n) is 5.86. The molecule has 1 N–H and O–H groups in total. The van der Waals surface area contributed by atoms with Crippen LogP contribution < -0.4 is 14.8 Å². The van der Waals surface area contributed by atoms with Crippen molar-refractivity contribution >= 4 is 34.0 Å². The average Bonchev–Trinajstić information content (AvgIpc) is 3.11. The van der Waals surface area contributed by atoms with Crippen LogP contribution in [0.2, 0.25) is 5.02 Å². The van der Waals surface area contributed by atoms with Gasteiger partial charge in [0, 0.05) is 22.5 Å². The molecule has 1 atom stereocenters. The summed E-state index contributed by atoms with van der Waals surface area (Å²) in [5.41, 5.74) is 1.14. The van der Waals surface area contributed by atoms with Gasteiger partial charge in [0.15, 0.2) is 11.2 Å². The molecule has 1 unspecified atom stereocenters. The maximum Gasteiger partial charge on any atom is 0.266 e. The lowest BCUT2D eigenvalue weighted by atomic mass is 10.1. The van der Waals surface area contributed by atoms with Crippen LogP contribution in [-0.4, -0.2) is 24.1 Å². The maximum absolute atomic E-state index is 12.3. The molecular formula is C20H19ClN2O3S. The third kappa shape index (κ3) is 5.45. The average molecular weight is 403 g/mol. The summed E-state index contributed by atoms with van der Waals surface area (Å²) in [5, 5.41) is 4.06. The van der Waals surface area contributed by atoms with Crippen molar-refractivity contribution in [3.8, 4) is 11.5 Å². The lowest BCUT2D eigenvalue weighted by molar-refractivity contribution is -0.122. The number of thiazole rings is 1. The van der Waals surface area contributed by atoms with Crippen molar-refractivity contribution in [2.75, 3.05) is 12.4 Å². The number of amides is 1. The van der Waals surface area contributed by atoms with E-state index in [-0.39, 0.29) is 5.91 Å². The summed E-state index contributed by atoms with van der Waals surface area (Å²) in [6, 6.07) is 14.8. The van der Waals surface area contributed by atoms with Crippen LogP contribution in [0.25, 0.3) is 0 Å². The number of nitrogens with zero attached hydrogens (tertiary/aromatic N) is 1. The molecule has 3 rings (SSSR count). The summed E-state index contributed by atoms with van der Waals surface area (Å²) in [4.78, 5) is 17.7. The number of carbonyl (C=O) groups excluding carboxylic acids is 1. The number of ether oxygens (including phenoxy) is 2. The SMILES string of the molecule is COc1ccc(OC(C)C(=O)Nc2ncc(Cc3ccc(Cl)cc3)s2)cc1. The van der Waals surface area contributed by atoms with Gasteiger partial charge in [0.2, 0.25) is 0 Å². The van der Waals surface area contributed by atoms with Crippen LogP contribution in [0.1, 0.15) is 17.4 Å². The number of carbonyl (C=O) groups is 1. The van der Waals surface area contributed by atoms with E-state index in [1.54, 1.807) is 44.5 Å². The van der Waals surface area contributed by atoms with Crippen LogP contribution >= 0.6 is 22.9 Å². The smallest absolute Gasteiger partial charge is 0.266 e. The van der Waals surface area contributed by atoms with E-state index in [0.717, 1.165) is 22.6 Å². The lowest BCUT2D eigenvalue weighted by Crippen LogP contribution is -2.30. The van der Waals surface area contributed by atoms with Crippen LogP contribution in [0.15, 0.2) is 54.7 Å². The first-order valence-corrected chi connectivity index (χ1v) is 9.53. The predicted octanol–water partition coefficient (Wildman–Crippen LogP) is 4.80. The number of anilines is 1. The molecule has 3 aromatic rings. The topological polar surface area (TPSA) is 60.5 Å². The number of halogens is 1. The quantitative estimate of drug-likeness (QED) is 0.616. The van der Waals surface area contributed by atoms with Gasteiger partial charge in [-0.25, -0.2) is 4.98 Å². The van der Waals surface area contributed by atoms with Crippen molar-refractivity contribution in [1.29, 1.82) is 0 Å². The summed E-state index contributed by atoms with van der Waals surface area (Å²) in [5.74, 6) is 1.08. The van der Waals surface area contributed by atoms with Crippen molar-refractivity contribution in [1.82, 2.24) is 4.98 Å². The number of nitrogens with one attached hydrogen (secondary N) is 1. The lowest BCUT2D eigenvalue weighted by Gasteiger charge is -2.13. The molecular weight excluding hydrogens is 384 g/mol. The van der Waals surface area contributed by atoms with Crippen molar-refractivity contribution in [3.63, 3.8) is 0 Å². The number of rotatable bonds is 7. The van der Waals surface area contributed by atoms with E-state index in [0.29, 0.717) is 15.9 Å². The number of aromatic nitrogens is 1. The second-order valence-corrected chi connectivity index (χ2v) is 7.41. The van der Waals surface area contributed by atoms with Gasteiger partial charge in [0.1, 0.15) is 11.5 Å². The molecule has 0 aliphatic heterocycles. The molecule has 0 aliphatic rings. The molecule has 0 saturated carbocycles. The minimum Gasteiger partial charge on any atom is -0.497 e. The standard InChI is InChI=1S/C20H19ClN2O3S/c1-13(26-17-9-7-16(25-2)8-10-17)19(24)23-20-22-12-18(27-20)11-14-3-5-15(21)6-4-14/h3-10,12-13H,11H2,1-2H3,(H,22,23,24). The van der Waals surface area contributed by atoms with E-state index in [1.165, 1.54) is 11.3 Å². The number of hydrogen-bond acceptors (Lipinski definition) is 5. The number of benzene rings is 2. The molecule has 0 saturated heterocycles. The fourth-order valence-corrected chi connectivity index (χ4v) is 3.35. The Morgan fingerprint density at radius 2 is 1.81 bits per heavy atom. The molecule has 1 aromatic heterocycles. The highest BCUT2D eigenvalue weighted by atomic mass is 35.5. The second kappa shape index (κ2) is 8.88. The molecule has 0 spiro atoms. The minimum absolute atomic E-state index is 0.252. The fourth-order valence-electron chi connectivity index (χ4n) is 2.37. The predicted molar refractivity (Wildman–Crippen MR) is 108 cm³/mol. The highest BCUT2D eigenvalue weighted by Gasteiger charge is 2.16. The van der Waals surface area contributed by atoms with Crippen molar-refractivity contribution < 1.29 is 14.3 Å². The number of hydrogen-bond donors (Lipinski definition) is 1. The van der Waals surface area contributed by atoms with Gasteiger partial charge in [-0.15, -0.1) is 11.3 Å². The number of methoxy groups -OCH3 is 1. The van der Waals surface area contributed by atoms with Gasteiger partial charge in [-0.3, -0.25) is 10.1 Å². The third-order valence-corrected chi connectivity index (χ3v) is 4.98. The third-order valence-electron chi connectivity index (χ3n) is 3.82. The van der Waals surface area contributed by atoms with Crippen LogP contribution in [0.5, 0.6) is 11.5 Å². The molecule has 27 heavy (non-hydrogen) atoms. The Morgan fingerprint density at radius 3 is 2.48 bits per heavy atom. The molecule has 0 aliphatic carbocycles. The summed E-state index contributed by atoms with van der Waals surface area (Å²) in [6.07, 6.45) is 1.86. The van der Waals surface area contributed by atoms with Crippen LogP contribution in [0.4, 0.5) is 5.13 Å². The van der Waals surface area contributed by atoms with Crippen molar-refractivity contribution in [3.05, 3.63) is 70.2 Å². The van der Waals surface area contributed by atoms with Gasteiger partial charge >= 0.3 is 0 Å². The Morgan fingerprint density at radius 1 is 1.15 bits per heavy atom. The van der Waals surface area contributed by atoms with Gasteiger partial charge in [0.25, 0.3) is 5.91 Å². The van der Waals surface area contributed by atoms with E-state index in [9.17, 15) is 4.79 Å². The molecule has 140 valence electrons. The minimum atomic E-state index is -0.651. The molecule has 0 radical (unpaired) electrons. The zero-order valence-corrected chi connectivity index (χ0v) is 16.5. The van der Waals surface area contributed by atoms with E-state index in [2.05, 4.69) is 10.3 Å². The van der Waals surface area contributed by atoms with Gasteiger partial charge in [-0.2, -0.15) is 0 Å². The maximum atomic E-state index is 12.3. The molecule has 0 fully saturated rings. The van der Waals surface area contributed by atoms with Gasteiger partial charge in [-0.1, -0.05) is 23.7 Å². The Bertz CT molecular complexity index is 894. The molecule has 1 amide bonds. The highest BCUT2D eigenvalue weighted by Crippen LogP contribution is 2.23. The van der Waals surface area contributed by atoms with Crippen molar-refractivity contribution in [2.24, 2.45) is 0 Å². The molecule has 2 aromatic carbocycles. The monoisotopic (exact) mass is 402 g/mol. The van der Waals surface area contributed by atoms with Gasteiger partial charge < -0.3 is 9.47 Å². The molecule has 0 bridgehead atoms. The largest absolute Gasteiger partial charge is 0.497 e. The van der Waals surface area contributed by atoms with E-state index < -0.39 is 6.10 Å². The van der Waals surface area contributed by atoms with Crippen LogP contribution in [0.3, 0.4) is 0 Å². The Balaban J connectivity index is 1.55. The zero-order chi connectivity index (χ0) is 19.2. The Labute approximate surface area is 166 Å². The van der Waals surface area contributed by atoms with E-state index in [4.69, 9.17) is 21.1 Å². The molecule has 5 nitrogen and oxygen atoms in total.